The van der Waals surface area contributed by atoms with Crippen LogP contribution in [0.1, 0.15) is 23.7 Å². The standard InChI is InChI=1S/C13H12BrFO3/c1-13-2-3-17-6-8(13)12(16)7-4-9(14)10(15)5-11(7)18-13/h4-5,8H,2-3,6H2,1H3/t8-,13-/m0/s1. The third-order valence-electron chi connectivity index (χ3n) is 3.71. The molecule has 1 fully saturated rings. The second-order valence-corrected chi connectivity index (χ2v) is 5.77. The minimum atomic E-state index is -0.581. The van der Waals surface area contributed by atoms with E-state index in [4.69, 9.17) is 9.47 Å². The SMILES string of the molecule is C[C@]12CCOC[C@H]1C(=O)c1cc(Br)c(F)cc1O2. The van der Waals surface area contributed by atoms with Crippen molar-refractivity contribution in [3.63, 3.8) is 0 Å². The normalized spacial score (nSPS) is 30.4. The Kier molecular flexibility index (Phi) is 2.71. The van der Waals surface area contributed by atoms with Gasteiger partial charge in [0.1, 0.15) is 17.2 Å². The molecule has 2 atom stereocenters. The summed E-state index contributed by atoms with van der Waals surface area (Å²) < 4.78 is 25.0. The van der Waals surface area contributed by atoms with E-state index in [1.807, 2.05) is 6.92 Å². The van der Waals surface area contributed by atoms with E-state index in [9.17, 15) is 9.18 Å². The lowest BCUT2D eigenvalue weighted by molar-refractivity contribution is -0.0770. The second kappa shape index (κ2) is 4.03. The van der Waals surface area contributed by atoms with Crippen LogP contribution in [0, 0.1) is 11.7 Å². The molecule has 1 saturated heterocycles. The zero-order chi connectivity index (χ0) is 12.9. The van der Waals surface area contributed by atoms with Gasteiger partial charge in [0.2, 0.25) is 0 Å². The minimum Gasteiger partial charge on any atom is -0.486 e. The van der Waals surface area contributed by atoms with Gasteiger partial charge in [-0.2, -0.15) is 0 Å². The van der Waals surface area contributed by atoms with E-state index >= 15 is 0 Å². The van der Waals surface area contributed by atoms with Crippen LogP contribution in [0.2, 0.25) is 0 Å². The summed E-state index contributed by atoms with van der Waals surface area (Å²) in [5, 5.41) is 0. The average molecular weight is 315 g/mol. The molecular weight excluding hydrogens is 303 g/mol. The van der Waals surface area contributed by atoms with Crippen molar-refractivity contribution in [1.82, 2.24) is 0 Å². The molecule has 0 aromatic heterocycles. The quantitative estimate of drug-likeness (QED) is 0.738. The van der Waals surface area contributed by atoms with Crippen molar-refractivity contribution in [3.05, 3.63) is 28.0 Å². The molecule has 1 aromatic carbocycles. The van der Waals surface area contributed by atoms with Gasteiger partial charge in [0.15, 0.2) is 5.78 Å². The topological polar surface area (TPSA) is 35.5 Å². The van der Waals surface area contributed by atoms with E-state index < -0.39 is 11.4 Å². The summed E-state index contributed by atoms with van der Waals surface area (Å²) in [6, 6.07) is 2.76. The Morgan fingerprint density at radius 2 is 2.28 bits per heavy atom. The van der Waals surface area contributed by atoms with Crippen LogP contribution in [-0.4, -0.2) is 24.6 Å². The highest BCUT2D eigenvalue weighted by Crippen LogP contribution is 2.42. The molecule has 2 aliphatic rings. The Balaban J connectivity index is 2.12. The molecule has 96 valence electrons. The van der Waals surface area contributed by atoms with Crippen molar-refractivity contribution in [2.45, 2.75) is 18.9 Å². The number of ether oxygens (including phenoxy) is 2. The minimum absolute atomic E-state index is 0.0286. The number of ketones is 1. The fraction of sp³-hybridized carbons (Fsp3) is 0.462. The van der Waals surface area contributed by atoms with Crippen LogP contribution in [0.25, 0.3) is 0 Å². The third-order valence-corrected chi connectivity index (χ3v) is 4.32. The van der Waals surface area contributed by atoms with E-state index in [1.54, 1.807) is 0 Å². The van der Waals surface area contributed by atoms with Crippen molar-refractivity contribution in [2.24, 2.45) is 5.92 Å². The summed E-state index contributed by atoms with van der Waals surface area (Å²) in [6.45, 7) is 2.82. The third kappa shape index (κ3) is 1.68. The molecule has 18 heavy (non-hydrogen) atoms. The van der Waals surface area contributed by atoms with Gasteiger partial charge in [-0.15, -0.1) is 0 Å². The second-order valence-electron chi connectivity index (χ2n) is 4.92. The molecule has 3 rings (SSSR count). The first-order valence-electron chi connectivity index (χ1n) is 5.81. The molecule has 0 saturated carbocycles. The number of Topliss-reactive ketones (excluding diaryl/α,β-unsaturated/α-hetero) is 1. The zero-order valence-electron chi connectivity index (χ0n) is 9.83. The lowest BCUT2D eigenvalue weighted by Gasteiger charge is -2.44. The fourth-order valence-electron chi connectivity index (χ4n) is 2.55. The Bertz CT molecular complexity index is 531. The highest BCUT2D eigenvalue weighted by molar-refractivity contribution is 9.10. The van der Waals surface area contributed by atoms with Gasteiger partial charge < -0.3 is 9.47 Å². The highest BCUT2D eigenvalue weighted by Gasteiger charge is 2.48. The first kappa shape index (κ1) is 12.1. The number of hydrogen-bond donors (Lipinski definition) is 0. The largest absolute Gasteiger partial charge is 0.486 e. The summed E-state index contributed by atoms with van der Waals surface area (Å²) in [6.07, 6.45) is 0.639. The van der Waals surface area contributed by atoms with Gasteiger partial charge in [-0.05, 0) is 28.9 Å². The number of carbonyl (C=O) groups is 1. The van der Waals surface area contributed by atoms with Gasteiger partial charge >= 0.3 is 0 Å². The molecule has 0 aliphatic carbocycles. The van der Waals surface area contributed by atoms with Crippen LogP contribution in [0.15, 0.2) is 16.6 Å². The van der Waals surface area contributed by atoms with Crippen LogP contribution >= 0.6 is 15.9 Å². The Labute approximate surface area is 112 Å². The summed E-state index contributed by atoms with van der Waals surface area (Å²) in [5.41, 5.74) is -0.154. The Morgan fingerprint density at radius 1 is 1.50 bits per heavy atom. The maximum absolute atomic E-state index is 13.5. The smallest absolute Gasteiger partial charge is 0.176 e. The van der Waals surface area contributed by atoms with Crippen molar-refractivity contribution in [3.8, 4) is 5.75 Å². The van der Waals surface area contributed by atoms with E-state index in [0.717, 1.165) is 0 Å². The summed E-state index contributed by atoms with van der Waals surface area (Å²) in [5.74, 6) is -0.424. The van der Waals surface area contributed by atoms with Gasteiger partial charge in [0, 0.05) is 12.5 Å². The molecule has 0 unspecified atom stereocenters. The Hall–Kier alpha value is -0.940. The van der Waals surface area contributed by atoms with E-state index in [2.05, 4.69) is 15.9 Å². The number of fused-ring (bicyclic) bond motifs is 2. The molecule has 3 nitrogen and oxygen atoms in total. The van der Waals surface area contributed by atoms with Crippen molar-refractivity contribution in [1.29, 1.82) is 0 Å². The molecule has 0 amide bonds. The summed E-state index contributed by atoms with van der Waals surface area (Å²) >= 11 is 3.09. The predicted octanol–water partition coefficient (Wildman–Crippen LogP) is 2.96. The number of rotatable bonds is 0. The molecule has 5 heteroatoms. The van der Waals surface area contributed by atoms with Gasteiger partial charge in [0.25, 0.3) is 0 Å². The van der Waals surface area contributed by atoms with Crippen LogP contribution in [0.3, 0.4) is 0 Å². The van der Waals surface area contributed by atoms with Crippen LogP contribution in [-0.2, 0) is 4.74 Å². The van der Waals surface area contributed by atoms with Gasteiger partial charge in [-0.1, -0.05) is 0 Å². The molecule has 0 bridgehead atoms. The van der Waals surface area contributed by atoms with Gasteiger partial charge in [-0.3, -0.25) is 4.79 Å². The van der Waals surface area contributed by atoms with Gasteiger partial charge in [0.05, 0.1) is 29.2 Å². The average Bonchev–Trinajstić information content (AvgIpc) is 2.32. The lowest BCUT2D eigenvalue weighted by Crippen LogP contribution is -2.53. The number of carbonyl (C=O) groups excluding carboxylic acids is 1. The first-order valence-corrected chi connectivity index (χ1v) is 6.60. The van der Waals surface area contributed by atoms with Crippen LogP contribution in [0.4, 0.5) is 4.39 Å². The van der Waals surface area contributed by atoms with E-state index in [0.29, 0.717) is 30.9 Å². The van der Waals surface area contributed by atoms with Crippen molar-refractivity contribution >= 4 is 21.7 Å². The van der Waals surface area contributed by atoms with Crippen molar-refractivity contribution < 1.29 is 18.7 Å². The van der Waals surface area contributed by atoms with E-state index in [-0.39, 0.29) is 16.2 Å². The molecule has 0 radical (unpaired) electrons. The van der Waals surface area contributed by atoms with Crippen molar-refractivity contribution in [2.75, 3.05) is 13.2 Å². The number of hydrogen-bond acceptors (Lipinski definition) is 3. The summed E-state index contributed by atoms with van der Waals surface area (Å²) in [7, 11) is 0. The molecule has 1 aromatic rings. The molecule has 2 aliphatic heterocycles. The lowest BCUT2D eigenvalue weighted by atomic mass is 9.77. The molecule has 0 N–H and O–H groups in total. The summed E-state index contributed by atoms with van der Waals surface area (Å²) in [4.78, 5) is 12.4. The Morgan fingerprint density at radius 3 is 3.06 bits per heavy atom. The zero-order valence-corrected chi connectivity index (χ0v) is 11.4. The molecular formula is C13H12BrFO3. The molecule has 2 heterocycles. The number of halogens is 2. The maximum atomic E-state index is 13.5. The van der Waals surface area contributed by atoms with Crippen LogP contribution < -0.4 is 4.74 Å². The van der Waals surface area contributed by atoms with Crippen LogP contribution in [0.5, 0.6) is 5.75 Å². The number of benzene rings is 1. The first-order chi connectivity index (χ1) is 8.51. The molecule has 0 spiro atoms. The monoisotopic (exact) mass is 314 g/mol. The predicted molar refractivity (Wildman–Crippen MR) is 66.4 cm³/mol. The highest BCUT2D eigenvalue weighted by atomic mass is 79.9. The maximum Gasteiger partial charge on any atom is 0.176 e. The fourth-order valence-corrected chi connectivity index (χ4v) is 2.89. The van der Waals surface area contributed by atoms with E-state index in [1.165, 1.54) is 12.1 Å². The van der Waals surface area contributed by atoms with Gasteiger partial charge in [-0.25, -0.2) is 4.39 Å².